The van der Waals surface area contributed by atoms with Gasteiger partial charge in [0.05, 0.1) is 7.11 Å². The Bertz CT molecular complexity index is 300. The Morgan fingerprint density at radius 2 is 1.17 bits per heavy atom. The highest BCUT2D eigenvalue weighted by molar-refractivity contribution is 5.85. The van der Waals surface area contributed by atoms with Crippen LogP contribution in [0.4, 0.5) is 4.39 Å². The maximum atomic E-state index is 13.0. The van der Waals surface area contributed by atoms with Gasteiger partial charge in [-0.05, 0) is 18.9 Å². The second-order valence-corrected chi connectivity index (χ2v) is 6.43. The molecule has 0 heterocycles. The minimum absolute atomic E-state index is 0.624. The van der Waals surface area contributed by atoms with Crippen molar-refractivity contribution in [2.45, 2.75) is 103 Å². The van der Waals surface area contributed by atoms with Crippen molar-refractivity contribution in [3.8, 4) is 0 Å². The lowest BCUT2D eigenvalue weighted by molar-refractivity contribution is -0.137. The normalized spacial score (nSPS) is 11.7. The topological polar surface area (TPSA) is 26.3 Å². The number of ether oxygens (including phenoxy) is 1. The van der Waals surface area contributed by atoms with Crippen LogP contribution >= 0.6 is 0 Å². The summed E-state index contributed by atoms with van der Waals surface area (Å²) in [4.78, 5) is 10.8. The van der Waals surface area contributed by atoms with Gasteiger partial charge in [-0.2, -0.15) is 4.39 Å². The van der Waals surface area contributed by atoms with E-state index in [0.29, 0.717) is 6.42 Å². The summed E-state index contributed by atoms with van der Waals surface area (Å²) in [7, 11) is 1.20. The maximum Gasteiger partial charge on any atom is 0.366 e. The third-order valence-electron chi connectivity index (χ3n) is 4.26. The Morgan fingerprint density at radius 1 is 0.783 bits per heavy atom. The molecular weight excluding hydrogens is 291 g/mol. The summed E-state index contributed by atoms with van der Waals surface area (Å²) >= 11 is 0. The van der Waals surface area contributed by atoms with Crippen molar-refractivity contribution in [2.24, 2.45) is 0 Å². The van der Waals surface area contributed by atoms with Crippen molar-refractivity contribution in [1.82, 2.24) is 0 Å². The van der Waals surface area contributed by atoms with Crippen molar-refractivity contribution in [3.05, 3.63) is 11.9 Å². The van der Waals surface area contributed by atoms with Gasteiger partial charge in [0.1, 0.15) is 0 Å². The molecule has 0 fully saturated rings. The highest BCUT2D eigenvalue weighted by atomic mass is 19.1. The standard InChI is InChI=1S/C20H37FO2/c1-3-4-5-6-7-8-9-10-11-12-13-14-15-16-17-18-19(21)20(22)23-2/h18H,3-17H2,1-2H3/b19-18-. The molecule has 0 atom stereocenters. The van der Waals surface area contributed by atoms with Gasteiger partial charge in [-0.1, -0.05) is 90.4 Å². The van der Waals surface area contributed by atoms with Gasteiger partial charge in [0.15, 0.2) is 0 Å². The average Bonchev–Trinajstić information content (AvgIpc) is 2.57. The van der Waals surface area contributed by atoms with Crippen molar-refractivity contribution >= 4 is 5.97 Å². The third-order valence-corrected chi connectivity index (χ3v) is 4.26. The first-order chi connectivity index (χ1) is 11.2. The lowest BCUT2D eigenvalue weighted by atomic mass is 10.0. The lowest BCUT2D eigenvalue weighted by Crippen LogP contribution is -2.00. The summed E-state index contributed by atoms with van der Waals surface area (Å²) in [5, 5.41) is 0. The van der Waals surface area contributed by atoms with Gasteiger partial charge in [-0.25, -0.2) is 4.79 Å². The van der Waals surface area contributed by atoms with Crippen molar-refractivity contribution in [1.29, 1.82) is 0 Å². The van der Waals surface area contributed by atoms with Gasteiger partial charge in [0, 0.05) is 0 Å². The molecule has 0 aliphatic heterocycles. The predicted molar refractivity (Wildman–Crippen MR) is 96.1 cm³/mol. The van der Waals surface area contributed by atoms with E-state index in [1.807, 2.05) is 0 Å². The average molecular weight is 329 g/mol. The molecule has 0 amide bonds. The molecule has 0 radical (unpaired) electrons. The van der Waals surface area contributed by atoms with Crippen LogP contribution in [0.5, 0.6) is 0 Å². The first-order valence-corrected chi connectivity index (χ1v) is 9.66. The maximum absolute atomic E-state index is 13.0. The highest BCUT2D eigenvalue weighted by Gasteiger charge is 2.06. The molecule has 0 aliphatic carbocycles. The SMILES string of the molecule is CCCCCCCCCCCCCCCC/C=C(\F)C(=O)OC. The van der Waals surface area contributed by atoms with Gasteiger partial charge in [0.25, 0.3) is 0 Å². The fraction of sp³-hybridized carbons (Fsp3) is 0.850. The van der Waals surface area contributed by atoms with Crippen LogP contribution in [0.3, 0.4) is 0 Å². The van der Waals surface area contributed by atoms with Gasteiger partial charge >= 0.3 is 5.97 Å². The molecule has 0 rings (SSSR count). The first-order valence-electron chi connectivity index (χ1n) is 9.66. The smallest absolute Gasteiger partial charge is 0.366 e. The third kappa shape index (κ3) is 15.8. The van der Waals surface area contributed by atoms with Crippen molar-refractivity contribution in [2.75, 3.05) is 7.11 Å². The van der Waals surface area contributed by atoms with E-state index in [0.717, 1.165) is 12.8 Å². The Kier molecular flexibility index (Phi) is 16.8. The molecule has 0 aromatic carbocycles. The number of unbranched alkanes of at least 4 members (excludes halogenated alkanes) is 14. The molecule has 0 saturated heterocycles. The second kappa shape index (κ2) is 17.5. The van der Waals surface area contributed by atoms with Crippen molar-refractivity contribution in [3.63, 3.8) is 0 Å². The second-order valence-electron chi connectivity index (χ2n) is 6.43. The van der Waals surface area contributed by atoms with Crippen LogP contribution in [-0.4, -0.2) is 13.1 Å². The summed E-state index contributed by atoms with van der Waals surface area (Å²) in [6.45, 7) is 2.26. The minimum Gasteiger partial charge on any atom is -0.464 e. The van der Waals surface area contributed by atoms with Crippen LogP contribution in [0, 0.1) is 0 Å². The van der Waals surface area contributed by atoms with E-state index in [9.17, 15) is 9.18 Å². The molecule has 3 heteroatoms. The molecule has 0 spiro atoms. The summed E-state index contributed by atoms with van der Waals surface area (Å²) < 4.78 is 17.4. The van der Waals surface area contributed by atoms with Crippen LogP contribution in [0.2, 0.25) is 0 Å². The first kappa shape index (κ1) is 22.1. The fourth-order valence-corrected chi connectivity index (χ4v) is 2.75. The Balaban J connectivity index is 3.18. The number of methoxy groups -OCH3 is 1. The van der Waals surface area contributed by atoms with E-state index in [1.165, 1.54) is 90.2 Å². The number of halogens is 1. The number of allylic oxidation sites excluding steroid dienone is 1. The highest BCUT2D eigenvalue weighted by Crippen LogP contribution is 2.13. The van der Waals surface area contributed by atoms with Gasteiger partial charge in [-0.3, -0.25) is 0 Å². The van der Waals surface area contributed by atoms with E-state index in [2.05, 4.69) is 11.7 Å². The Morgan fingerprint density at radius 3 is 1.57 bits per heavy atom. The predicted octanol–water partition coefficient (Wildman–Crippen LogP) is 6.88. The van der Waals surface area contributed by atoms with Crippen LogP contribution in [0.25, 0.3) is 0 Å². The number of rotatable bonds is 16. The van der Waals surface area contributed by atoms with Crippen LogP contribution in [-0.2, 0) is 9.53 Å². The summed E-state index contributed by atoms with van der Waals surface area (Å²) in [6.07, 6.45) is 20.3. The monoisotopic (exact) mass is 328 g/mol. The molecule has 0 aromatic rings. The zero-order valence-corrected chi connectivity index (χ0v) is 15.4. The summed E-state index contributed by atoms with van der Waals surface area (Å²) in [6, 6.07) is 0. The molecule has 0 aliphatic rings. The zero-order chi connectivity index (χ0) is 17.2. The number of esters is 1. The minimum atomic E-state index is -0.865. The van der Waals surface area contributed by atoms with E-state index < -0.39 is 11.8 Å². The van der Waals surface area contributed by atoms with E-state index >= 15 is 0 Å². The van der Waals surface area contributed by atoms with Crippen LogP contribution in [0.1, 0.15) is 103 Å². The van der Waals surface area contributed by atoms with Crippen LogP contribution in [0.15, 0.2) is 11.9 Å². The van der Waals surface area contributed by atoms with Crippen molar-refractivity contribution < 1.29 is 13.9 Å². The van der Waals surface area contributed by atoms with Gasteiger partial charge in [-0.15, -0.1) is 0 Å². The molecule has 136 valence electrons. The Hall–Kier alpha value is -0.860. The van der Waals surface area contributed by atoms with E-state index in [-0.39, 0.29) is 0 Å². The number of carbonyl (C=O) groups excluding carboxylic acids is 1. The van der Waals surface area contributed by atoms with Crippen LogP contribution < -0.4 is 0 Å². The lowest BCUT2D eigenvalue weighted by Gasteiger charge is -2.03. The summed E-state index contributed by atoms with van der Waals surface area (Å²) in [5.41, 5.74) is 0. The zero-order valence-electron chi connectivity index (χ0n) is 15.4. The number of carbonyl (C=O) groups is 1. The van der Waals surface area contributed by atoms with E-state index in [4.69, 9.17) is 0 Å². The molecule has 0 saturated carbocycles. The molecule has 0 aromatic heterocycles. The molecule has 0 unspecified atom stereocenters. The molecule has 0 bridgehead atoms. The molecule has 23 heavy (non-hydrogen) atoms. The molecule has 0 N–H and O–H groups in total. The Labute approximate surface area is 142 Å². The van der Waals surface area contributed by atoms with Gasteiger partial charge < -0.3 is 4.74 Å². The number of hydrogen-bond donors (Lipinski definition) is 0. The summed E-state index contributed by atoms with van der Waals surface area (Å²) in [5.74, 6) is -1.63. The molecular formula is C20H37FO2. The largest absolute Gasteiger partial charge is 0.464 e. The van der Waals surface area contributed by atoms with E-state index in [1.54, 1.807) is 0 Å². The quantitative estimate of drug-likeness (QED) is 0.175. The van der Waals surface area contributed by atoms with Gasteiger partial charge in [0.2, 0.25) is 5.83 Å². The molecule has 2 nitrogen and oxygen atoms in total. The fourth-order valence-electron chi connectivity index (χ4n) is 2.75. The number of hydrogen-bond acceptors (Lipinski definition) is 2.